The number of hydrogen-bond donors (Lipinski definition) is 2. The van der Waals surface area contributed by atoms with E-state index in [0.717, 1.165) is 70.5 Å². The monoisotopic (exact) mass is 476 g/mol. The number of aryl methyl sites for hydroxylation is 1. The van der Waals surface area contributed by atoms with Crippen molar-refractivity contribution in [2.75, 3.05) is 19.5 Å². The number of hydrogen-bond acceptors (Lipinski definition) is 7. The summed E-state index contributed by atoms with van der Waals surface area (Å²) in [6.07, 6.45) is 8.67. The average molecular weight is 477 g/mol. The van der Waals surface area contributed by atoms with Crippen LogP contribution in [0.1, 0.15) is 49.1 Å². The summed E-state index contributed by atoms with van der Waals surface area (Å²) >= 11 is 0. The fourth-order valence-electron chi connectivity index (χ4n) is 4.94. The van der Waals surface area contributed by atoms with Crippen LogP contribution in [0.4, 0.5) is 5.82 Å². The van der Waals surface area contributed by atoms with Gasteiger partial charge in [0.25, 0.3) is 0 Å². The Morgan fingerprint density at radius 1 is 1.17 bits per heavy atom. The van der Waals surface area contributed by atoms with Crippen LogP contribution in [-0.2, 0) is 11.8 Å². The lowest BCUT2D eigenvalue weighted by molar-refractivity contribution is -0.0775. The molecule has 9 heteroatoms. The number of aliphatic hydroxyl groups is 1. The van der Waals surface area contributed by atoms with Gasteiger partial charge in [0.15, 0.2) is 6.29 Å². The molecule has 1 aliphatic carbocycles. The van der Waals surface area contributed by atoms with E-state index in [-0.39, 0.29) is 12.1 Å². The Hall–Kier alpha value is -3.43. The minimum Gasteiger partial charge on any atom is -0.490 e. The second kappa shape index (κ2) is 9.67. The third-order valence-electron chi connectivity index (χ3n) is 6.92. The van der Waals surface area contributed by atoms with E-state index in [0.29, 0.717) is 0 Å². The average Bonchev–Trinajstić information content (AvgIpc) is 3.48. The molecule has 0 radical (unpaired) electrons. The highest BCUT2D eigenvalue weighted by molar-refractivity contribution is 5.93. The van der Waals surface area contributed by atoms with Crippen LogP contribution < -0.4 is 10.1 Å². The van der Waals surface area contributed by atoms with Crippen LogP contribution in [0.5, 0.6) is 5.75 Å². The SMILES string of the molecule is CNc1cc2c(cn1)c(-c1cnn(C)c1)nn2C1CCC(Oc2cccc(C(O)OC)c2C)CC1. The van der Waals surface area contributed by atoms with E-state index in [2.05, 4.69) is 26.1 Å². The summed E-state index contributed by atoms with van der Waals surface area (Å²) < 4.78 is 15.4. The third kappa shape index (κ3) is 4.49. The minimum absolute atomic E-state index is 0.119. The lowest BCUT2D eigenvalue weighted by atomic mass is 9.92. The van der Waals surface area contributed by atoms with Crippen LogP contribution >= 0.6 is 0 Å². The summed E-state index contributed by atoms with van der Waals surface area (Å²) in [4.78, 5) is 4.53. The molecule has 0 aliphatic heterocycles. The van der Waals surface area contributed by atoms with Gasteiger partial charge in [0.1, 0.15) is 17.3 Å². The van der Waals surface area contributed by atoms with Gasteiger partial charge in [0.2, 0.25) is 0 Å². The molecule has 1 aromatic carbocycles. The Morgan fingerprint density at radius 3 is 2.66 bits per heavy atom. The number of benzene rings is 1. The first kappa shape index (κ1) is 23.3. The molecule has 1 saturated carbocycles. The van der Waals surface area contributed by atoms with Gasteiger partial charge in [-0.2, -0.15) is 10.2 Å². The highest BCUT2D eigenvalue weighted by atomic mass is 16.6. The summed E-state index contributed by atoms with van der Waals surface area (Å²) in [5.41, 5.74) is 4.62. The standard InChI is InChI=1S/C26H32N6O3/c1-16-20(26(33)34-4)6-5-7-23(16)35-19-10-8-18(9-11-19)32-22-12-24(27-2)28-14-21(22)25(30-32)17-13-29-31(3)15-17/h5-7,12-15,18-19,26,33H,8-11H2,1-4H3,(H,27,28). The second-order valence-electron chi connectivity index (χ2n) is 9.14. The Bertz CT molecular complexity index is 1320. The van der Waals surface area contributed by atoms with E-state index in [1.54, 1.807) is 4.68 Å². The van der Waals surface area contributed by atoms with E-state index < -0.39 is 6.29 Å². The molecule has 3 aromatic heterocycles. The highest BCUT2D eigenvalue weighted by Gasteiger charge is 2.27. The number of pyridine rings is 1. The molecule has 4 aromatic rings. The molecule has 9 nitrogen and oxygen atoms in total. The van der Waals surface area contributed by atoms with E-state index >= 15 is 0 Å². The first-order valence-corrected chi connectivity index (χ1v) is 12.0. The van der Waals surface area contributed by atoms with Crippen LogP contribution in [0.2, 0.25) is 0 Å². The van der Waals surface area contributed by atoms with Crippen LogP contribution in [0.3, 0.4) is 0 Å². The zero-order valence-corrected chi connectivity index (χ0v) is 20.6. The van der Waals surface area contributed by atoms with Crippen LogP contribution in [0.15, 0.2) is 42.9 Å². The van der Waals surface area contributed by atoms with Crippen molar-refractivity contribution in [3.8, 4) is 17.0 Å². The van der Waals surface area contributed by atoms with Gasteiger partial charge in [-0.05, 0) is 44.2 Å². The van der Waals surface area contributed by atoms with Gasteiger partial charge in [-0.25, -0.2) is 4.98 Å². The number of methoxy groups -OCH3 is 1. The normalized spacial score (nSPS) is 19.1. The van der Waals surface area contributed by atoms with Crippen molar-refractivity contribution in [3.63, 3.8) is 0 Å². The number of aliphatic hydroxyl groups excluding tert-OH is 1. The first-order chi connectivity index (χ1) is 17.0. The largest absolute Gasteiger partial charge is 0.490 e. The summed E-state index contributed by atoms with van der Waals surface area (Å²) in [5, 5.41) is 23.7. The van der Waals surface area contributed by atoms with Crippen molar-refractivity contribution >= 4 is 16.7 Å². The molecule has 2 N–H and O–H groups in total. The Labute approximate surface area is 204 Å². The molecule has 0 bridgehead atoms. The molecule has 1 aliphatic rings. The topological polar surface area (TPSA) is 99.3 Å². The number of rotatable bonds is 7. The van der Waals surface area contributed by atoms with Gasteiger partial charge in [-0.1, -0.05) is 12.1 Å². The molecule has 1 unspecified atom stereocenters. The first-order valence-electron chi connectivity index (χ1n) is 12.0. The molecular weight excluding hydrogens is 444 g/mol. The lowest BCUT2D eigenvalue weighted by Gasteiger charge is -2.30. The maximum atomic E-state index is 10.1. The quantitative estimate of drug-likeness (QED) is 0.382. The minimum atomic E-state index is -0.951. The Kier molecular flexibility index (Phi) is 6.44. The Balaban J connectivity index is 1.37. The summed E-state index contributed by atoms with van der Waals surface area (Å²) in [5.74, 6) is 1.62. The maximum Gasteiger partial charge on any atom is 0.181 e. The molecule has 0 amide bonds. The summed E-state index contributed by atoms with van der Waals surface area (Å²) in [6.45, 7) is 1.96. The van der Waals surface area contributed by atoms with E-state index in [1.165, 1.54) is 7.11 Å². The van der Waals surface area contributed by atoms with Crippen molar-refractivity contribution < 1.29 is 14.6 Å². The number of nitrogens with one attached hydrogen (secondary N) is 1. The van der Waals surface area contributed by atoms with Gasteiger partial charge in [0, 0.05) is 56.2 Å². The number of nitrogens with zero attached hydrogens (tertiary/aromatic N) is 5. The molecule has 184 valence electrons. The lowest BCUT2D eigenvalue weighted by Crippen LogP contribution is -2.26. The summed E-state index contributed by atoms with van der Waals surface area (Å²) in [7, 11) is 5.28. The van der Waals surface area contributed by atoms with Gasteiger partial charge in [-0.15, -0.1) is 0 Å². The van der Waals surface area contributed by atoms with Gasteiger partial charge >= 0.3 is 0 Å². The fourth-order valence-corrected chi connectivity index (χ4v) is 4.94. The van der Waals surface area contributed by atoms with E-state index in [4.69, 9.17) is 14.6 Å². The van der Waals surface area contributed by atoms with Crippen LogP contribution in [-0.4, -0.2) is 49.9 Å². The Morgan fingerprint density at radius 2 is 1.97 bits per heavy atom. The molecule has 0 saturated heterocycles. The zero-order valence-electron chi connectivity index (χ0n) is 20.6. The maximum absolute atomic E-state index is 10.1. The van der Waals surface area contributed by atoms with Crippen LogP contribution in [0.25, 0.3) is 22.2 Å². The number of fused-ring (bicyclic) bond motifs is 1. The molecule has 0 spiro atoms. The van der Waals surface area contributed by atoms with Crippen molar-refractivity contribution in [1.82, 2.24) is 24.5 Å². The van der Waals surface area contributed by atoms with Gasteiger partial charge < -0.3 is 19.9 Å². The second-order valence-corrected chi connectivity index (χ2v) is 9.14. The summed E-state index contributed by atoms with van der Waals surface area (Å²) in [6, 6.07) is 8.07. The van der Waals surface area contributed by atoms with Crippen molar-refractivity contribution in [1.29, 1.82) is 0 Å². The van der Waals surface area contributed by atoms with E-state index in [1.807, 2.05) is 57.8 Å². The highest BCUT2D eigenvalue weighted by Crippen LogP contribution is 2.37. The van der Waals surface area contributed by atoms with Gasteiger partial charge in [-0.3, -0.25) is 9.36 Å². The number of aromatic nitrogens is 5. The third-order valence-corrected chi connectivity index (χ3v) is 6.92. The predicted octanol–water partition coefficient (Wildman–Crippen LogP) is 4.38. The van der Waals surface area contributed by atoms with Crippen molar-refractivity contribution in [2.24, 2.45) is 7.05 Å². The smallest absolute Gasteiger partial charge is 0.181 e. The van der Waals surface area contributed by atoms with Crippen LogP contribution in [0, 0.1) is 6.92 Å². The molecule has 5 rings (SSSR count). The predicted molar refractivity (Wildman–Crippen MR) is 134 cm³/mol. The van der Waals surface area contributed by atoms with Crippen molar-refractivity contribution in [3.05, 3.63) is 54.0 Å². The molecule has 35 heavy (non-hydrogen) atoms. The van der Waals surface area contributed by atoms with Crippen molar-refractivity contribution in [2.45, 2.75) is 51.0 Å². The van der Waals surface area contributed by atoms with Gasteiger partial charge in [0.05, 0.1) is 23.9 Å². The molecule has 1 fully saturated rings. The van der Waals surface area contributed by atoms with E-state index in [9.17, 15) is 5.11 Å². The molecule has 1 atom stereocenters. The zero-order chi connectivity index (χ0) is 24.5. The fraction of sp³-hybridized carbons (Fsp3) is 0.423. The molecular formula is C26H32N6O3. The molecule has 3 heterocycles. The number of anilines is 1. The number of ether oxygens (including phenoxy) is 2.